The van der Waals surface area contributed by atoms with Crippen LogP contribution in [0.5, 0.6) is 11.5 Å². The van der Waals surface area contributed by atoms with E-state index in [9.17, 15) is 4.79 Å². The minimum absolute atomic E-state index is 0.306. The molecule has 1 atom stereocenters. The van der Waals surface area contributed by atoms with Crippen LogP contribution in [0.1, 0.15) is 27.9 Å². The van der Waals surface area contributed by atoms with E-state index < -0.39 is 6.04 Å². The van der Waals surface area contributed by atoms with Crippen LogP contribution in [-0.2, 0) is 7.05 Å². The summed E-state index contributed by atoms with van der Waals surface area (Å²) in [6.07, 6.45) is 5.08. The van der Waals surface area contributed by atoms with E-state index >= 15 is 0 Å². The normalized spacial score (nSPS) is 11.8. The van der Waals surface area contributed by atoms with Crippen LogP contribution >= 0.6 is 11.3 Å². The summed E-state index contributed by atoms with van der Waals surface area (Å²) < 4.78 is 18.0. The van der Waals surface area contributed by atoms with E-state index in [1.807, 2.05) is 29.9 Å². The molecule has 3 heterocycles. The molecule has 0 saturated carbocycles. The number of nitrogens with one attached hydrogen (secondary N) is 1. The van der Waals surface area contributed by atoms with Crippen LogP contribution in [0, 0.1) is 0 Å². The molecule has 0 spiro atoms. The van der Waals surface area contributed by atoms with Gasteiger partial charge in [0, 0.05) is 30.9 Å². The highest BCUT2D eigenvalue weighted by molar-refractivity contribution is 7.13. The van der Waals surface area contributed by atoms with E-state index in [1.165, 1.54) is 11.3 Å². The summed E-state index contributed by atoms with van der Waals surface area (Å²) in [6, 6.07) is 8.52. The molecule has 4 aromatic rings. The molecule has 3 aromatic heterocycles. The third kappa shape index (κ3) is 3.92. The lowest BCUT2D eigenvalue weighted by molar-refractivity contribution is 0.0936. The Bertz CT molecular complexity index is 1130. The highest BCUT2D eigenvalue weighted by Gasteiger charge is 2.24. The number of ether oxygens (including phenoxy) is 2. The van der Waals surface area contributed by atoms with E-state index in [-0.39, 0.29) is 5.91 Å². The van der Waals surface area contributed by atoms with Gasteiger partial charge in [-0.15, -0.1) is 11.3 Å². The molecule has 9 heteroatoms. The molecule has 0 radical (unpaired) electrons. The SMILES string of the molecule is COc1cc(OC)cc(C(NC(=O)c2csc(-c3ccco3)n2)c2nccn2C)c1. The van der Waals surface area contributed by atoms with Crippen LogP contribution in [0.15, 0.2) is 58.8 Å². The molecule has 0 aliphatic carbocycles. The van der Waals surface area contributed by atoms with E-state index in [2.05, 4.69) is 15.3 Å². The van der Waals surface area contributed by atoms with Gasteiger partial charge in [-0.05, 0) is 29.8 Å². The van der Waals surface area contributed by atoms with Crippen molar-refractivity contribution in [1.82, 2.24) is 19.9 Å². The van der Waals surface area contributed by atoms with Gasteiger partial charge in [0.25, 0.3) is 5.91 Å². The molecule has 154 valence electrons. The number of benzene rings is 1. The van der Waals surface area contributed by atoms with Gasteiger partial charge in [-0.1, -0.05) is 0 Å². The Morgan fingerprint density at radius 2 is 2.00 bits per heavy atom. The van der Waals surface area contributed by atoms with Crippen LogP contribution in [0.2, 0.25) is 0 Å². The van der Waals surface area contributed by atoms with Crippen molar-refractivity contribution in [3.8, 4) is 22.3 Å². The Hall–Kier alpha value is -3.59. The van der Waals surface area contributed by atoms with Gasteiger partial charge >= 0.3 is 0 Å². The zero-order valence-electron chi connectivity index (χ0n) is 16.7. The maximum absolute atomic E-state index is 13.0. The van der Waals surface area contributed by atoms with Crippen LogP contribution < -0.4 is 14.8 Å². The molecule has 0 fully saturated rings. The lowest BCUT2D eigenvalue weighted by atomic mass is 10.0. The van der Waals surface area contributed by atoms with Crippen molar-refractivity contribution in [2.45, 2.75) is 6.04 Å². The molecule has 0 bridgehead atoms. The maximum atomic E-state index is 13.0. The number of rotatable bonds is 7. The predicted molar refractivity (Wildman–Crippen MR) is 112 cm³/mol. The molecule has 8 nitrogen and oxygen atoms in total. The first-order valence-electron chi connectivity index (χ1n) is 9.09. The van der Waals surface area contributed by atoms with E-state index in [4.69, 9.17) is 13.9 Å². The zero-order valence-corrected chi connectivity index (χ0v) is 17.5. The maximum Gasteiger partial charge on any atom is 0.271 e. The van der Waals surface area contributed by atoms with Gasteiger partial charge in [0.1, 0.15) is 29.1 Å². The number of thiazole rings is 1. The Morgan fingerprint density at radius 1 is 1.23 bits per heavy atom. The number of nitrogens with zero attached hydrogens (tertiary/aromatic N) is 3. The number of aromatic nitrogens is 3. The third-order valence-corrected chi connectivity index (χ3v) is 5.42. The van der Waals surface area contributed by atoms with E-state index in [0.29, 0.717) is 33.8 Å². The van der Waals surface area contributed by atoms with Crippen molar-refractivity contribution < 1.29 is 18.7 Å². The van der Waals surface area contributed by atoms with Crippen molar-refractivity contribution in [3.63, 3.8) is 0 Å². The number of aryl methyl sites for hydroxylation is 1. The highest BCUT2D eigenvalue weighted by atomic mass is 32.1. The van der Waals surface area contributed by atoms with Crippen LogP contribution in [0.3, 0.4) is 0 Å². The number of furan rings is 1. The number of amides is 1. The molecule has 4 rings (SSSR count). The fourth-order valence-corrected chi connectivity index (χ4v) is 3.81. The quantitative estimate of drug-likeness (QED) is 0.487. The topological polar surface area (TPSA) is 91.4 Å². The Kier molecular flexibility index (Phi) is 5.53. The monoisotopic (exact) mass is 424 g/mol. The Labute approximate surface area is 177 Å². The Balaban J connectivity index is 1.68. The number of carbonyl (C=O) groups excluding carboxylic acids is 1. The minimum Gasteiger partial charge on any atom is -0.497 e. The molecule has 30 heavy (non-hydrogen) atoms. The summed E-state index contributed by atoms with van der Waals surface area (Å²) in [4.78, 5) is 21.9. The fraction of sp³-hybridized carbons (Fsp3) is 0.190. The molecule has 1 N–H and O–H groups in total. The lowest BCUT2D eigenvalue weighted by Gasteiger charge is -2.20. The highest BCUT2D eigenvalue weighted by Crippen LogP contribution is 2.30. The number of hydrogen-bond acceptors (Lipinski definition) is 7. The van der Waals surface area contributed by atoms with Crippen molar-refractivity contribution in [2.75, 3.05) is 14.2 Å². The second-order valence-electron chi connectivity index (χ2n) is 6.46. The van der Waals surface area contributed by atoms with Crippen LogP contribution in [0.4, 0.5) is 0 Å². The number of methoxy groups -OCH3 is 2. The Morgan fingerprint density at radius 3 is 2.60 bits per heavy atom. The number of imidazole rings is 1. The number of hydrogen-bond donors (Lipinski definition) is 1. The second kappa shape index (κ2) is 8.42. The third-order valence-electron chi connectivity index (χ3n) is 4.57. The van der Waals surface area contributed by atoms with Gasteiger partial charge in [0.2, 0.25) is 0 Å². The van der Waals surface area contributed by atoms with Gasteiger partial charge in [-0.3, -0.25) is 4.79 Å². The van der Waals surface area contributed by atoms with Crippen molar-refractivity contribution in [1.29, 1.82) is 0 Å². The van der Waals surface area contributed by atoms with Crippen LogP contribution in [-0.4, -0.2) is 34.7 Å². The fourth-order valence-electron chi connectivity index (χ4n) is 3.04. The van der Waals surface area contributed by atoms with E-state index in [1.54, 1.807) is 50.3 Å². The molecule has 1 amide bonds. The molecule has 1 aromatic carbocycles. The summed E-state index contributed by atoms with van der Waals surface area (Å²) in [5, 5.41) is 5.38. The molecular weight excluding hydrogens is 404 g/mol. The van der Waals surface area contributed by atoms with Gasteiger partial charge in [-0.2, -0.15) is 0 Å². The second-order valence-corrected chi connectivity index (χ2v) is 7.32. The lowest BCUT2D eigenvalue weighted by Crippen LogP contribution is -2.31. The van der Waals surface area contributed by atoms with Gasteiger partial charge in [0.15, 0.2) is 10.8 Å². The first kappa shape index (κ1) is 19.7. The number of carbonyl (C=O) groups is 1. The first-order chi connectivity index (χ1) is 14.6. The average Bonchev–Trinajstić information content (AvgIpc) is 3.52. The molecule has 0 aliphatic heterocycles. The van der Waals surface area contributed by atoms with Crippen molar-refractivity contribution in [2.24, 2.45) is 7.05 Å². The van der Waals surface area contributed by atoms with Gasteiger partial charge < -0.3 is 23.8 Å². The molecular formula is C21H20N4O4S. The average molecular weight is 424 g/mol. The molecule has 0 aliphatic rings. The molecule has 0 saturated heterocycles. The molecule has 1 unspecified atom stereocenters. The van der Waals surface area contributed by atoms with Crippen molar-refractivity contribution in [3.05, 3.63) is 71.5 Å². The van der Waals surface area contributed by atoms with Crippen molar-refractivity contribution >= 4 is 17.2 Å². The standard InChI is InChI=1S/C21H20N4O4S/c1-25-7-6-22-19(25)18(13-9-14(27-2)11-15(10-13)28-3)24-20(26)16-12-30-21(23-16)17-5-4-8-29-17/h4-12,18H,1-3H3,(H,24,26). The summed E-state index contributed by atoms with van der Waals surface area (Å²) in [5.74, 6) is 2.20. The first-order valence-corrected chi connectivity index (χ1v) is 9.97. The largest absolute Gasteiger partial charge is 0.497 e. The summed E-state index contributed by atoms with van der Waals surface area (Å²) in [5.41, 5.74) is 1.08. The summed E-state index contributed by atoms with van der Waals surface area (Å²) in [7, 11) is 5.04. The minimum atomic E-state index is -0.532. The smallest absolute Gasteiger partial charge is 0.271 e. The van der Waals surface area contributed by atoms with Crippen LogP contribution in [0.25, 0.3) is 10.8 Å². The summed E-state index contributed by atoms with van der Waals surface area (Å²) >= 11 is 1.34. The zero-order chi connectivity index (χ0) is 21.1. The predicted octanol–water partition coefficient (Wildman–Crippen LogP) is 3.67. The van der Waals surface area contributed by atoms with E-state index in [0.717, 1.165) is 5.56 Å². The summed E-state index contributed by atoms with van der Waals surface area (Å²) in [6.45, 7) is 0. The van der Waals surface area contributed by atoms with Gasteiger partial charge in [-0.25, -0.2) is 9.97 Å². The van der Waals surface area contributed by atoms with Gasteiger partial charge in [0.05, 0.1) is 20.5 Å².